The standard InChI is InChI=1S/C22H24F2O/c1-3-5-7-11-17-13-9-15-19(23)21(17)25-22-18(12-8-6-4-2)14-10-16-20(22)24/h3-6,9-10,13-16H,7-8,11-12H2,1-2H3. The second kappa shape index (κ2) is 9.77. The minimum atomic E-state index is -0.472. The number of halogens is 2. The van der Waals surface area contributed by atoms with Crippen molar-refractivity contribution in [3.63, 3.8) is 0 Å². The van der Waals surface area contributed by atoms with E-state index in [2.05, 4.69) is 0 Å². The molecule has 0 heterocycles. The van der Waals surface area contributed by atoms with E-state index < -0.39 is 11.6 Å². The van der Waals surface area contributed by atoms with Gasteiger partial charge in [0.1, 0.15) is 0 Å². The van der Waals surface area contributed by atoms with E-state index in [4.69, 9.17) is 4.74 Å². The number of rotatable bonds is 8. The Morgan fingerprint density at radius 3 is 1.60 bits per heavy atom. The molecule has 0 amide bonds. The van der Waals surface area contributed by atoms with Crippen molar-refractivity contribution >= 4 is 0 Å². The number of aryl methyl sites for hydroxylation is 2. The topological polar surface area (TPSA) is 9.23 Å². The average Bonchev–Trinajstić information content (AvgIpc) is 2.60. The highest BCUT2D eigenvalue weighted by Gasteiger charge is 2.16. The predicted octanol–water partition coefficient (Wildman–Crippen LogP) is 6.77. The fourth-order valence-corrected chi connectivity index (χ4v) is 2.64. The second-order valence-corrected chi connectivity index (χ2v) is 5.77. The van der Waals surface area contributed by atoms with Crippen LogP contribution in [0, 0.1) is 11.6 Å². The molecule has 0 atom stereocenters. The monoisotopic (exact) mass is 342 g/mol. The van der Waals surface area contributed by atoms with E-state index >= 15 is 0 Å². The number of allylic oxidation sites excluding steroid dienone is 4. The summed E-state index contributed by atoms with van der Waals surface area (Å²) in [6, 6.07) is 9.64. The normalized spacial score (nSPS) is 11.5. The summed E-state index contributed by atoms with van der Waals surface area (Å²) in [4.78, 5) is 0. The van der Waals surface area contributed by atoms with Crippen LogP contribution in [0.3, 0.4) is 0 Å². The van der Waals surface area contributed by atoms with Gasteiger partial charge in [-0.2, -0.15) is 0 Å². The minimum absolute atomic E-state index is 0.115. The average molecular weight is 342 g/mol. The van der Waals surface area contributed by atoms with E-state index in [-0.39, 0.29) is 11.5 Å². The highest BCUT2D eigenvalue weighted by atomic mass is 19.1. The van der Waals surface area contributed by atoms with Crippen molar-refractivity contribution < 1.29 is 13.5 Å². The Labute approximate surface area is 148 Å². The minimum Gasteiger partial charge on any atom is -0.451 e. The van der Waals surface area contributed by atoms with E-state index in [9.17, 15) is 8.78 Å². The smallest absolute Gasteiger partial charge is 0.166 e. The molecule has 0 aliphatic heterocycles. The SMILES string of the molecule is CC=CCCc1cccc(F)c1Oc1c(F)cccc1CCC=CC. The first-order valence-electron chi connectivity index (χ1n) is 8.62. The van der Waals surface area contributed by atoms with Crippen molar-refractivity contribution in [3.8, 4) is 11.5 Å². The van der Waals surface area contributed by atoms with Crippen molar-refractivity contribution in [1.82, 2.24) is 0 Å². The van der Waals surface area contributed by atoms with E-state index in [1.54, 1.807) is 12.1 Å². The van der Waals surface area contributed by atoms with Crippen LogP contribution in [0.1, 0.15) is 37.8 Å². The van der Waals surface area contributed by atoms with Gasteiger partial charge in [0, 0.05) is 0 Å². The van der Waals surface area contributed by atoms with Gasteiger partial charge >= 0.3 is 0 Å². The number of hydrogen-bond donors (Lipinski definition) is 0. The Morgan fingerprint density at radius 1 is 0.760 bits per heavy atom. The molecule has 0 fully saturated rings. The lowest BCUT2D eigenvalue weighted by atomic mass is 10.1. The second-order valence-electron chi connectivity index (χ2n) is 5.77. The van der Waals surface area contributed by atoms with Gasteiger partial charge in [-0.05, 0) is 62.8 Å². The third kappa shape index (κ3) is 5.28. The number of ether oxygens (including phenoxy) is 1. The van der Waals surface area contributed by atoms with Gasteiger partial charge in [0.2, 0.25) is 0 Å². The Bertz CT molecular complexity index is 684. The van der Waals surface area contributed by atoms with E-state index in [0.29, 0.717) is 12.8 Å². The molecule has 0 aromatic heterocycles. The highest BCUT2D eigenvalue weighted by Crippen LogP contribution is 2.34. The first-order valence-corrected chi connectivity index (χ1v) is 8.62. The molecule has 132 valence electrons. The highest BCUT2D eigenvalue weighted by molar-refractivity contribution is 5.43. The zero-order valence-electron chi connectivity index (χ0n) is 14.8. The van der Waals surface area contributed by atoms with Crippen LogP contribution in [0.4, 0.5) is 8.78 Å². The summed E-state index contributed by atoms with van der Waals surface area (Å²) in [5.74, 6) is -0.713. The summed E-state index contributed by atoms with van der Waals surface area (Å²) in [6.45, 7) is 3.89. The van der Waals surface area contributed by atoms with Crippen molar-refractivity contribution in [1.29, 1.82) is 0 Å². The van der Waals surface area contributed by atoms with Crippen LogP contribution in [-0.2, 0) is 12.8 Å². The molecule has 25 heavy (non-hydrogen) atoms. The fourth-order valence-electron chi connectivity index (χ4n) is 2.64. The summed E-state index contributed by atoms with van der Waals surface area (Å²) in [7, 11) is 0. The lowest BCUT2D eigenvalue weighted by molar-refractivity contribution is 0.405. The van der Waals surface area contributed by atoms with Gasteiger partial charge < -0.3 is 4.74 Å². The van der Waals surface area contributed by atoms with Crippen LogP contribution < -0.4 is 4.74 Å². The van der Waals surface area contributed by atoms with Crippen LogP contribution in [0.15, 0.2) is 60.7 Å². The fraction of sp³-hybridized carbons (Fsp3) is 0.273. The number of hydrogen-bond acceptors (Lipinski definition) is 1. The third-order valence-corrected chi connectivity index (χ3v) is 3.93. The van der Waals surface area contributed by atoms with Gasteiger partial charge in [0.05, 0.1) is 0 Å². The van der Waals surface area contributed by atoms with Crippen LogP contribution in [0.5, 0.6) is 11.5 Å². The van der Waals surface area contributed by atoms with Crippen molar-refractivity contribution in [2.75, 3.05) is 0 Å². The molecule has 0 bridgehead atoms. The molecule has 0 saturated heterocycles. The summed E-state index contributed by atoms with van der Waals surface area (Å²) >= 11 is 0. The summed E-state index contributed by atoms with van der Waals surface area (Å²) in [5.41, 5.74) is 1.47. The summed E-state index contributed by atoms with van der Waals surface area (Å²) in [5, 5.41) is 0. The first kappa shape index (κ1) is 18.9. The van der Waals surface area contributed by atoms with E-state index in [1.807, 2.05) is 50.3 Å². The largest absolute Gasteiger partial charge is 0.451 e. The molecule has 0 saturated carbocycles. The van der Waals surface area contributed by atoms with E-state index in [0.717, 1.165) is 24.0 Å². The molecular weight excluding hydrogens is 318 g/mol. The Hall–Kier alpha value is -2.42. The van der Waals surface area contributed by atoms with Gasteiger partial charge in [-0.15, -0.1) is 0 Å². The molecule has 1 nitrogen and oxygen atoms in total. The third-order valence-electron chi connectivity index (χ3n) is 3.93. The molecule has 2 aromatic rings. The zero-order valence-corrected chi connectivity index (χ0v) is 14.8. The first-order chi connectivity index (χ1) is 12.2. The van der Waals surface area contributed by atoms with Gasteiger partial charge in [0.25, 0.3) is 0 Å². The van der Waals surface area contributed by atoms with Crippen molar-refractivity contribution in [2.24, 2.45) is 0 Å². The molecule has 0 unspecified atom stereocenters. The van der Waals surface area contributed by atoms with Crippen molar-refractivity contribution in [2.45, 2.75) is 39.5 Å². The number of benzene rings is 2. The molecule has 0 N–H and O–H groups in total. The Balaban J connectivity index is 2.32. The van der Waals surface area contributed by atoms with Crippen LogP contribution in [0.2, 0.25) is 0 Å². The quantitative estimate of drug-likeness (QED) is 0.481. The van der Waals surface area contributed by atoms with Crippen LogP contribution in [0.25, 0.3) is 0 Å². The van der Waals surface area contributed by atoms with Gasteiger partial charge in [-0.25, -0.2) is 8.78 Å². The summed E-state index contributed by atoms with van der Waals surface area (Å²) in [6.07, 6.45) is 10.8. The zero-order chi connectivity index (χ0) is 18.1. The predicted molar refractivity (Wildman–Crippen MR) is 99.1 cm³/mol. The number of para-hydroxylation sites is 2. The van der Waals surface area contributed by atoms with Gasteiger partial charge in [-0.1, -0.05) is 48.6 Å². The maximum absolute atomic E-state index is 14.3. The summed E-state index contributed by atoms with van der Waals surface area (Å²) < 4.78 is 34.4. The maximum Gasteiger partial charge on any atom is 0.166 e. The van der Waals surface area contributed by atoms with Gasteiger partial charge in [-0.3, -0.25) is 0 Å². The lowest BCUT2D eigenvalue weighted by Crippen LogP contribution is -2.00. The Kier molecular flexibility index (Phi) is 7.39. The maximum atomic E-state index is 14.3. The van der Waals surface area contributed by atoms with Crippen LogP contribution in [-0.4, -0.2) is 0 Å². The molecule has 0 aliphatic rings. The molecule has 3 heteroatoms. The molecular formula is C22H24F2O. The van der Waals surface area contributed by atoms with Gasteiger partial charge in [0.15, 0.2) is 23.1 Å². The lowest BCUT2D eigenvalue weighted by Gasteiger charge is -2.15. The molecule has 2 rings (SSSR count). The molecule has 0 spiro atoms. The molecule has 0 radical (unpaired) electrons. The van der Waals surface area contributed by atoms with Crippen molar-refractivity contribution in [3.05, 3.63) is 83.5 Å². The molecule has 0 aliphatic carbocycles. The van der Waals surface area contributed by atoms with E-state index in [1.165, 1.54) is 12.1 Å². The Morgan fingerprint density at radius 2 is 1.20 bits per heavy atom. The molecule has 2 aromatic carbocycles. The van der Waals surface area contributed by atoms with Crippen LogP contribution >= 0.6 is 0 Å².